The highest BCUT2D eigenvalue weighted by molar-refractivity contribution is 7.91. The van der Waals surface area contributed by atoms with Gasteiger partial charge in [-0.05, 0) is 80.7 Å². The van der Waals surface area contributed by atoms with Gasteiger partial charge in [0.05, 0.1) is 11.5 Å². The molecule has 1 aromatic carbocycles. The topological polar surface area (TPSA) is 88.6 Å². The maximum absolute atomic E-state index is 13.3. The molecule has 0 bridgehead atoms. The molecular formula is C27H33NO5S. The van der Waals surface area contributed by atoms with E-state index in [1.54, 1.807) is 11.8 Å². The molecule has 1 amide bonds. The van der Waals surface area contributed by atoms with Crippen molar-refractivity contribution in [2.45, 2.75) is 65.2 Å². The predicted molar refractivity (Wildman–Crippen MR) is 130 cm³/mol. The van der Waals surface area contributed by atoms with E-state index in [1.165, 1.54) is 0 Å². The number of carbonyl (C=O) groups excluding carboxylic acids is 3. The van der Waals surface area contributed by atoms with Gasteiger partial charge < -0.3 is 4.90 Å². The smallest absolute Gasteiger partial charge is 0.225 e. The van der Waals surface area contributed by atoms with E-state index in [4.69, 9.17) is 0 Å². The second-order valence-electron chi connectivity index (χ2n) is 10.4. The van der Waals surface area contributed by atoms with E-state index in [-0.39, 0.29) is 53.4 Å². The van der Waals surface area contributed by atoms with Crippen LogP contribution < -0.4 is 0 Å². The number of nitrogens with zero attached hydrogens (tertiary/aromatic N) is 1. The second-order valence-corrected chi connectivity index (χ2v) is 12.7. The van der Waals surface area contributed by atoms with Gasteiger partial charge in [0.1, 0.15) is 17.5 Å². The van der Waals surface area contributed by atoms with E-state index in [0.29, 0.717) is 38.5 Å². The zero-order valence-electron chi connectivity index (χ0n) is 20.3. The van der Waals surface area contributed by atoms with E-state index in [0.717, 1.165) is 22.3 Å². The molecule has 182 valence electrons. The SMILES string of the molecule is CC#Cc1cc(C)c(C2C(=O)CC3(CCC(C(=O)N4CCS(=O)(=O)CC4)CC3)CC2=O)c(C)c1. The summed E-state index contributed by atoms with van der Waals surface area (Å²) in [6, 6.07) is 3.90. The summed E-state index contributed by atoms with van der Waals surface area (Å²) in [5, 5.41) is 0. The summed E-state index contributed by atoms with van der Waals surface area (Å²) in [4.78, 5) is 41.3. The normalized spacial score (nSPS) is 29.0. The fourth-order valence-corrected chi connectivity index (χ4v) is 7.38. The second kappa shape index (κ2) is 9.30. The van der Waals surface area contributed by atoms with Gasteiger partial charge >= 0.3 is 0 Å². The van der Waals surface area contributed by atoms with Crippen molar-refractivity contribution in [1.29, 1.82) is 0 Å². The van der Waals surface area contributed by atoms with Gasteiger partial charge in [0.15, 0.2) is 9.84 Å². The summed E-state index contributed by atoms with van der Waals surface area (Å²) in [5.74, 6) is 5.16. The molecule has 0 N–H and O–H groups in total. The Bertz CT molecular complexity index is 1140. The summed E-state index contributed by atoms with van der Waals surface area (Å²) in [6.45, 7) is 6.20. The number of sulfone groups is 1. The molecule has 0 aromatic heterocycles. The maximum Gasteiger partial charge on any atom is 0.225 e. The van der Waals surface area contributed by atoms with E-state index in [1.807, 2.05) is 26.0 Å². The lowest BCUT2D eigenvalue weighted by molar-refractivity contribution is -0.140. The number of amides is 1. The fourth-order valence-electron chi connectivity index (χ4n) is 6.18. The van der Waals surface area contributed by atoms with Crippen molar-refractivity contribution in [3.63, 3.8) is 0 Å². The average molecular weight is 484 g/mol. The number of hydrogen-bond donors (Lipinski definition) is 0. The molecule has 3 fully saturated rings. The minimum Gasteiger partial charge on any atom is -0.340 e. The first kappa shape index (κ1) is 24.7. The maximum atomic E-state index is 13.3. The van der Waals surface area contributed by atoms with Crippen molar-refractivity contribution in [2.24, 2.45) is 11.3 Å². The van der Waals surface area contributed by atoms with Crippen LogP contribution >= 0.6 is 0 Å². The van der Waals surface area contributed by atoms with Crippen LogP contribution in [0.3, 0.4) is 0 Å². The molecule has 2 saturated carbocycles. The number of hydrogen-bond acceptors (Lipinski definition) is 5. The summed E-state index contributed by atoms with van der Waals surface area (Å²) < 4.78 is 23.3. The Balaban J connectivity index is 1.43. The van der Waals surface area contributed by atoms with Gasteiger partial charge in [-0.15, -0.1) is 5.92 Å². The predicted octanol–water partition coefficient (Wildman–Crippen LogP) is 3.12. The number of benzene rings is 1. The molecule has 1 spiro atoms. The zero-order valence-corrected chi connectivity index (χ0v) is 21.1. The summed E-state index contributed by atoms with van der Waals surface area (Å²) >= 11 is 0. The Labute approximate surface area is 202 Å². The largest absolute Gasteiger partial charge is 0.340 e. The highest BCUT2D eigenvalue weighted by Crippen LogP contribution is 2.50. The molecule has 34 heavy (non-hydrogen) atoms. The minimum absolute atomic E-state index is 0.0113. The van der Waals surface area contributed by atoms with Gasteiger partial charge in [-0.25, -0.2) is 8.42 Å². The molecule has 1 saturated heterocycles. The molecule has 0 unspecified atom stereocenters. The van der Waals surface area contributed by atoms with Gasteiger partial charge in [0.2, 0.25) is 5.91 Å². The average Bonchev–Trinajstić information content (AvgIpc) is 2.75. The van der Waals surface area contributed by atoms with Crippen molar-refractivity contribution in [3.8, 4) is 11.8 Å². The lowest BCUT2D eigenvalue weighted by Crippen LogP contribution is -2.48. The third kappa shape index (κ3) is 4.84. The first-order valence-electron chi connectivity index (χ1n) is 12.1. The molecule has 0 radical (unpaired) electrons. The molecule has 0 atom stereocenters. The summed E-state index contributed by atoms with van der Waals surface area (Å²) in [5.41, 5.74) is 3.23. The lowest BCUT2D eigenvalue weighted by atomic mass is 9.59. The Morgan fingerprint density at radius 3 is 2.03 bits per heavy atom. The van der Waals surface area contributed by atoms with Crippen LogP contribution in [0.25, 0.3) is 0 Å². The molecule has 6 nitrogen and oxygen atoms in total. The van der Waals surface area contributed by atoms with Crippen LogP contribution in [0.1, 0.15) is 73.6 Å². The first-order chi connectivity index (χ1) is 16.0. The monoisotopic (exact) mass is 483 g/mol. The zero-order chi connectivity index (χ0) is 24.7. The van der Waals surface area contributed by atoms with Gasteiger partial charge in [0, 0.05) is 37.4 Å². The van der Waals surface area contributed by atoms with Gasteiger partial charge in [-0.2, -0.15) is 0 Å². The molecule has 1 heterocycles. The van der Waals surface area contributed by atoms with E-state index in [2.05, 4.69) is 11.8 Å². The van der Waals surface area contributed by atoms with Gasteiger partial charge in [0.25, 0.3) is 0 Å². The number of Topliss-reactive ketones (excluding diaryl/α,β-unsaturated/α-hetero) is 2. The molecule has 1 aromatic rings. The number of ketones is 2. The van der Waals surface area contributed by atoms with Gasteiger partial charge in [-0.1, -0.05) is 5.92 Å². The lowest BCUT2D eigenvalue weighted by Gasteiger charge is -2.44. The third-order valence-corrected chi connectivity index (χ3v) is 9.55. The molecule has 3 aliphatic rings. The van der Waals surface area contributed by atoms with Crippen LogP contribution in [-0.4, -0.2) is 55.4 Å². The van der Waals surface area contributed by atoms with E-state index in [9.17, 15) is 22.8 Å². The third-order valence-electron chi connectivity index (χ3n) is 7.95. The molecular weight excluding hydrogens is 450 g/mol. The van der Waals surface area contributed by atoms with Crippen molar-refractivity contribution in [3.05, 3.63) is 34.4 Å². The molecule has 7 heteroatoms. The Kier molecular flexibility index (Phi) is 6.74. The number of aryl methyl sites for hydroxylation is 2. The van der Waals surface area contributed by atoms with Crippen molar-refractivity contribution < 1.29 is 22.8 Å². The molecule has 2 aliphatic carbocycles. The minimum atomic E-state index is -3.03. The first-order valence-corrected chi connectivity index (χ1v) is 13.9. The highest BCUT2D eigenvalue weighted by Gasteiger charge is 2.48. The number of rotatable bonds is 2. The van der Waals surface area contributed by atoms with Crippen LogP contribution in [0, 0.1) is 37.0 Å². The Morgan fingerprint density at radius 2 is 1.53 bits per heavy atom. The van der Waals surface area contributed by atoms with Gasteiger partial charge in [-0.3, -0.25) is 14.4 Å². The van der Waals surface area contributed by atoms with Crippen molar-refractivity contribution in [1.82, 2.24) is 4.90 Å². The summed E-state index contributed by atoms with van der Waals surface area (Å²) in [7, 11) is -3.03. The van der Waals surface area contributed by atoms with Crippen LogP contribution in [-0.2, 0) is 24.2 Å². The quantitative estimate of drug-likeness (QED) is 0.476. The van der Waals surface area contributed by atoms with Crippen LogP contribution in [0.4, 0.5) is 0 Å². The highest BCUT2D eigenvalue weighted by atomic mass is 32.2. The van der Waals surface area contributed by atoms with E-state index < -0.39 is 15.8 Å². The standard InChI is InChI=1S/C27H33NO5S/c1-4-5-20-14-18(2)24(19(3)15-20)25-22(29)16-27(17-23(25)30)8-6-21(7-9-27)26(31)28-10-12-34(32,33)13-11-28/h14-15,21,25H,6-13,16-17H2,1-3H3. The van der Waals surface area contributed by atoms with Crippen LogP contribution in [0.5, 0.6) is 0 Å². The van der Waals surface area contributed by atoms with Crippen LogP contribution in [0.2, 0.25) is 0 Å². The van der Waals surface area contributed by atoms with Crippen molar-refractivity contribution in [2.75, 3.05) is 24.6 Å². The Morgan fingerprint density at radius 1 is 1.00 bits per heavy atom. The van der Waals surface area contributed by atoms with Crippen molar-refractivity contribution >= 4 is 27.3 Å². The molecule has 4 rings (SSSR count). The number of carbonyl (C=O) groups is 3. The fraction of sp³-hybridized carbons (Fsp3) is 0.593. The van der Waals surface area contributed by atoms with Crippen LogP contribution in [0.15, 0.2) is 12.1 Å². The Hall–Kier alpha value is -2.46. The summed E-state index contributed by atoms with van der Waals surface area (Å²) in [6.07, 6.45) is 3.42. The molecule has 1 aliphatic heterocycles. The van der Waals surface area contributed by atoms with E-state index >= 15 is 0 Å².